The van der Waals surface area contributed by atoms with E-state index in [1.807, 2.05) is 0 Å². The van der Waals surface area contributed by atoms with Crippen molar-refractivity contribution in [2.75, 3.05) is 13.1 Å². The van der Waals surface area contributed by atoms with Gasteiger partial charge in [0.15, 0.2) is 0 Å². The van der Waals surface area contributed by atoms with Gasteiger partial charge in [-0.1, -0.05) is 19.9 Å². The molecule has 26 heavy (non-hydrogen) atoms. The summed E-state index contributed by atoms with van der Waals surface area (Å²) in [5.74, 6) is 0. The minimum absolute atomic E-state index is 0. The number of sulfonamides is 2. The summed E-state index contributed by atoms with van der Waals surface area (Å²) < 4.78 is 54.4. The smallest absolute Gasteiger partial charge is 0.243 e. The van der Waals surface area contributed by atoms with Crippen LogP contribution < -0.4 is 10.5 Å². The molecule has 1 aliphatic rings. The summed E-state index contributed by atoms with van der Waals surface area (Å²) >= 11 is 0. The normalized spacial score (nSPS) is 21.4. The van der Waals surface area contributed by atoms with Crippen molar-refractivity contribution >= 4 is 32.5 Å². The highest BCUT2D eigenvalue weighted by molar-refractivity contribution is 7.90. The van der Waals surface area contributed by atoms with Crippen LogP contribution in [0.15, 0.2) is 34.1 Å². The van der Waals surface area contributed by atoms with E-state index >= 15 is 0 Å². The molecule has 3 N–H and O–H groups in total. The van der Waals surface area contributed by atoms with Crippen LogP contribution in [0.1, 0.15) is 39.5 Å². The van der Waals surface area contributed by atoms with E-state index in [1.54, 1.807) is 13.8 Å². The molecular weight excluding hydrogens is 398 g/mol. The van der Waals surface area contributed by atoms with Gasteiger partial charge in [-0.15, -0.1) is 12.4 Å². The van der Waals surface area contributed by atoms with Gasteiger partial charge in [0.25, 0.3) is 0 Å². The zero-order valence-electron chi connectivity index (χ0n) is 15.1. The molecule has 0 unspecified atom stereocenters. The number of nitrogens with zero attached hydrogens (tertiary/aromatic N) is 1. The average Bonchev–Trinajstić information content (AvgIpc) is 2.58. The monoisotopic (exact) mass is 425 g/mol. The number of benzene rings is 1. The van der Waals surface area contributed by atoms with Crippen molar-refractivity contribution < 1.29 is 16.8 Å². The zero-order valence-corrected chi connectivity index (χ0v) is 17.5. The van der Waals surface area contributed by atoms with Crippen LogP contribution in [0.25, 0.3) is 0 Å². The number of halogens is 1. The lowest BCUT2D eigenvalue weighted by Crippen LogP contribution is -2.40. The Labute approximate surface area is 162 Å². The van der Waals surface area contributed by atoms with Crippen LogP contribution >= 0.6 is 12.4 Å². The van der Waals surface area contributed by atoms with E-state index in [-0.39, 0.29) is 34.3 Å². The van der Waals surface area contributed by atoms with Crippen LogP contribution in [0.3, 0.4) is 0 Å². The van der Waals surface area contributed by atoms with Gasteiger partial charge in [-0.05, 0) is 43.9 Å². The predicted octanol–water partition coefficient (Wildman–Crippen LogP) is 1.69. The Balaban J connectivity index is 0.00000338. The molecule has 1 aliphatic carbocycles. The van der Waals surface area contributed by atoms with Gasteiger partial charge in [0.1, 0.15) is 0 Å². The molecule has 10 heteroatoms. The molecule has 0 aliphatic heterocycles. The van der Waals surface area contributed by atoms with Crippen molar-refractivity contribution in [1.29, 1.82) is 0 Å². The van der Waals surface area contributed by atoms with Crippen molar-refractivity contribution in [3.63, 3.8) is 0 Å². The van der Waals surface area contributed by atoms with Crippen molar-refractivity contribution in [2.45, 2.75) is 61.4 Å². The van der Waals surface area contributed by atoms with Crippen LogP contribution in [-0.2, 0) is 20.0 Å². The Bertz CT molecular complexity index is 787. The van der Waals surface area contributed by atoms with Crippen molar-refractivity contribution in [3.05, 3.63) is 24.3 Å². The van der Waals surface area contributed by atoms with Crippen LogP contribution in [0.2, 0.25) is 0 Å². The highest BCUT2D eigenvalue weighted by Crippen LogP contribution is 2.22. The predicted molar refractivity (Wildman–Crippen MR) is 104 cm³/mol. The summed E-state index contributed by atoms with van der Waals surface area (Å²) in [6.45, 7) is 4.15. The average molecular weight is 426 g/mol. The Hall–Kier alpha value is -0.710. The molecule has 0 bridgehead atoms. The van der Waals surface area contributed by atoms with Gasteiger partial charge in [-0.2, -0.15) is 4.31 Å². The molecule has 1 aromatic carbocycles. The minimum Gasteiger partial charge on any atom is -0.328 e. The molecule has 0 saturated heterocycles. The third kappa shape index (κ3) is 5.40. The Morgan fingerprint density at radius 3 is 2.12 bits per heavy atom. The van der Waals surface area contributed by atoms with Crippen molar-refractivity contribution in [1.82, 2.24) is 9.03 Å². The van der Waals surface area contributed by atoms with E-state index < -0.39 is 20.0 Å². The maximum Gasteiger partial charge on any atom is 0.243 e. The van der Waals surface area contributed by atoms with E-state index in [0.717, 1.165) is 12.8 Å². The molecule has 0 radical (unpaired) electrons. The van der Waals surface area contributed by atoms with Crippen LogP contribution in [0.5, 0.6) is 0 Å². The van der Waals surface area contributed by atoms with Crippen LogP contribution in [0, 0.1) is 0 Å². The summed E-state index contributed by atoms with van der Waals surface area (Å²) in [5.41, 5.74) is 5.85. The van der Waals surface area contributed by atoms with Gasteiger partial charge in [0.05, 0.1) is 9.79 Å². The topological polar surface area (TPSA) is 110 Å². The number of nitrogens with two attached hydrogens (primary N) is 1. The molecule has 0 heterocycles. The maximum absolute atomic E-state index is 12.6. The molecule has 150 valence electrons. The van der Waals surface area contributed by atoms with Gasteiger partial charge in [-0.3, -0.25) is 0 Å². The van der Waals surface area contributed by atoms with E-state index in [1.165, 1.54) is 28.6 Å². The highest BCUT2D eigenvalue weighted by Gasteiger charge is 2.27. The second kappa shape index (κ2) is 9.48. The quantitative estimate of drug-likeness (QED) is 0.690. The molecular formula is C16H28ClN3O4S2. The third-order valence-electron chi connectivity index (χ3n) is 4.55. The molecule has 0 amide bonds. The summed E-state index contributed by atoms with van der Waals surface area (Å²) in [7, 11) is -7.47. The lowest BCUT2D eigenvalue weighted by atomic mass is 9.93. The fourth-order valence-corrected chi connectivity index (χ4v) is 5.97. The SMILES string of the molecule is CCN(CC)S(=O)(=O)c1cccc(S(=O)(=O)NC2CCC(N)CC2)c1.Cl. The maximum atomic E-state index is 12.6. The second-order valence-electron chi connectivity index (χ2n) is 6.30. The van der Waals surface area contributed by atoms with E-state index in [4.69, 9.17) is 5.73 Å². The molecule has 1 fully saturated rings. The third-order valence-corrected chi connectivity index (χ3v) is 8.12. The molecule has 1 saturated carbocycles. The molecule has 0 spiro atoms. The van der Waals surface area contributed by atoms with Crippen LogP contribution in [0.4, 0.5) is 0 Å². The number of rotatable bonds is 7. The van der Waals surface area contributed by atoms with Crippen molar-refractivity contribution in [2.24, 2.45) is 5.73 Å². The molecule has 0 aromatic heterocycles. The Morgan fingerprint density at radius 2 is 1.58 bits per heavy atom. The standard InChI is InChI=1S/C16H27N3O4S2.ClH/c1-3-19(4-2)25(22,23)16-7-5-6-15(12-16)24(20,21)18-14-10-8-13(17)9-11-14;/h5-7,12-14,18H,3-4,8-11,17H2,1-2H3;1H. The number of nitrogens with one attached hydrogen (secondary N) is 1. The van der Waals surface area contributed by atoms with Gasteiger partial charge >= 0.3 is 0 Å². The first kappa shape index (κ1) is 23.3. The summed E-state index contributed by atoms with van der Waals surface area (Å²) in [6, 6.07) is 5.49. The van der Waals surface area contributed by atoms with Gasteiger partial charge < -0.3 is 5.73 Å². The van der Waals surface area contributed by atoms with Gasteiger partial charge in [0, 0.05) is 25.2 Å². The van der Waals surface area contributed by atoms with E-state index in [2.05, 4.69) is 4.72 Å². The van der Waals surface area contributed by atoms with E-state index in [0.29, 0.717) is 25.9 Å². The summed E-state index contributed by atoms with van der Waals surface area (Å²) in [6.07, 6.45) is 2.95. The zero-order chi connectivity index (χ0) is 18.7. The number of hydrogen-bond donors (Lipinski definition) is 2. The highest BCUT2D eigenvalue weighted by atomic mass is 35.5. The van der Waals surface area contributed by atoms with Crippen molar-refractivity contribution in [3.8, 4) is 0 Å². The number of hydrogen-bond acceptors (Lipinski definition) is 5. The molecule has 0 atom stereocenters. The second-order valence-corrected chi connectivity index (χ2v) is 9.95. The largest absolute Gasteiger partial charge is 0.328 e. The lowest BCUT2D eigenvalue weighted by Gasteiger charge is -2.26. The lowest BCUT2D eigenvalue weighted by molar-refractivity contribution is 0.373. The molecule has 2 rings (SSSR count). The fraction of sp³-hybridized carbons (Fsp3) is 0.625. The summed E-state index contributed by atoms with van der Waals surface area (Å²) in [5, 5.41) is 0. The van der Waals surface area contributed by atoms with Gasteiger partial charge in [-0.25, -0.2) is 21.6 Å². The Kier molecular flexibility index (Phi) is 8.50. The molecule has 1 aromatic rings. The molecule has 7 nitrogen and oxygen atoms in total. The first-order valence-electron chi connectivity index (χ1n) is 8.58. The van der Waals surface area contributed by atoms with Gasteiger partial charge in [0.2, 0.25) is 20.0 Å². The van der Waals surface area contributed by atoms with E-state index in [9.17, 15) is 16.8 Å². The summed E-state index contributed by atoms with van der Waals surface area (Å²) in [4.78, 5) is -0.0413. The minimum atomic E-state index is -3.77. The Morgan fingerprint density at radius 1 is 1.04 bits per heavy atom. The fourth-order valence-electron chi connectivity index (χ4n) is 3.04. The first-order valence-corrected chi connectivity index (χ1v) is 11.5. The first-order chi connectivity index (χ1) is 11.7. The van der Waals surface area contributed by atoms with Crippen LogP contribution in [-0.4, -0.2) is 46.3 Å².